The van der Waals surface area contributed by atoms with Gasteiger partial charge in [-0.15, -0.1) is 0 Å². The molecular weight excluding hydrogens is 218 g/mol. The molecule has 0 radical (unpaired) electrons. The molecule has 17 heavy (non-hydrogen) atoms. The zero-order valence-electron chi connectivity index (χ0n) is 9.21. The highest BCUT2D eigenvalue weighted by molar-refractivity contribution is 5.90. The second-order valence-electron chi connectivity index (χ2n) is 3.53. The molecule has 2 aromatic rings. The Labute approximate surface area is 98.2 Å². The maximum atomic E-state index is 10.8. The van der Waals surface area contributed by atoms with Crippen molar-refractivity contribution in [2.75, 3.05) is 5.32 Å². The van der Waals surface area contributed by atoms with Crippen LogP contribution in [0.5, 0.6) is 0 Å². The summed E-state index contributed by atoms with van der Waals surface area (Å²) >= 11 is 0. The molecule has 1 aromatic carbocycles. The maximum absolute atomic E-state index is 10.8. The summed E-state index contributed by atoms with van der Waals surface area (Å²) in [7, 11) is 0. The number of carbonyl (C=O) groups is 1. The zero-order chi connectivity index (χ0) is 12.3. The standard InChI is InChI=1S/C12H11N3O2/c1-8-7-9(3-4-10(8)11(16)17)15-12-13-5-2-6-14-12/h2-7H,1H3,(H,16,17)(H,13,14,15). The molecule has 5 nitrogen and oxygen atoms in total. The molecule has 0 amide bonds. The van der Waals surface area contributed by atoms with Gasteiger partial charge in [0.15, 0.2) is 0 Å². The third kappa shape index (κ3) is 2.57. The molecule has 0 saturated carbocycles. The van der Waals surface area contributed by atoms with Crippen LogP contribution in [0.2, 0.25) is 0 Å². The van der Waals surface area contributed by atoms with E-state index in [0.717, 1.165) is 5.69 Å². The summed E-state index contributed by atoms with van der Waals surface area (Å²) in [5.74, 6) is -0.444. The van der Waals surface area contributed by atoms with Crippen molar-refractivity contribution in [3.05, 3.63) is 47.8 Å². The highest BCUT2D eigenvalue weighted by Gasteiger charge is 2.07. The number of hydrogen-bond donors (Lipinski definition) is 2. The molecule has 1 aromatic heterocycles. The van der Waals surface area contributed by atoms with Gasteiger partial charge in [0, 0.05) is 18.1 Å². The number of aryl methyl sites for hydroxylation is 1. The van der Waals surface area contributed by atoms with E-state index in [2.05, 4.69) is 15.3 Å². The molecule has 0 aliphatic carbocycles. The number of rotatable bonds is 3. The van der Waals surface area contributed by atoms with E-state index in [0.29, 0.717) is 17.1 Å². The van der Waals surface area contributed by atoms with Gasteiger partial charge < -0.3 is 10.4 Å². The predicted octanol–water partition coefficient (Wildman–Crippen LogP) is 2.23. The lowest BCUT2D eigenvalue weighted by molar-refractivity contribution is 0.0696. The number of carboxylic acid groups (broad SMARTS) is 1. The Hall–Kier alpha value is -2.43. The van der Waals surface area contributed by atoms with Crippen molar-refractivity contribution in [3.63, 3.8) is 0 Å². The van der Waals surface area contributed by atoms with Gasteiger partial charge >= 0.3 is 5.97 Å². The van der Waals surface area contributed by atoms with E-state index >= 15 is 0 Å². The van der Waals surface area contributed by atoms with Crippen molar-refractivity contribution < 1.29 is 9.90 Å². The number of carboxylic acids is 1. The third-order valence-electron chi connectivity index (χ3n) is 2.28. The molecule has 86 valence electrons. The molecule has 0 aliphatic heterocycles. The SMILES string of the molecule is Cc1cc(Nc2ncccn2)ccc1C(=O)O. The Kier molecular flexibility index (Phi) is 3.00. The van der Waals surface area contributed by atoms with Crippen LogP contribution >= 0.6 is 0 Å². The molecule has 2 rings (SSSR count). The van der Waals surface area contributed by atoms with E-state index in [-0.39, 0.29) is 0 Å². The Morgan fingerprint density at radius 2 is 2.00 bits per heavy atom. The van der Waals surface area contributed by atoms with Crippen molar-refractivity contribution in [2.24, 2.45) is 0 Å². The van der Waals surface area contributed by atoms with Crippen molar-refractivity contribution in [1.82, 2.24) is 9.97 Å². The number of benzene rings is 1. The summed E-state index contributed by atoms with van der Waals surface area (Å²) in [6, 6.07) is 6.72. The third-order valence-corrected chi connectivity index (χ3v) is 2.28. The largest absolute Gasteiger partial charge is 0.478 e. The maximum Gasteiger partial charge on any atom is 0.335 e. The monoisotopic (exact) mass is 229 g/mol. The van der Waals surface area contributed by atoms with Crippen LogP contribution in [-0.4, -0.2) is 21.0 Å². The molecule has 0 atom stereocenters. The van der Waals surface area contributed by atoms with E-state index in [1.807, 2.05) is 0 Å². The average molecular weight is 229 g/mol. The summed E-state index contributed by atoms with van der Waals surface area (Å²) in [5.41, 5.74) is 1.75. The van der Waals surface area contributed by atoms with Gasteiger partial charge in [-0.1, -0.05) is 0 Å². The van der Waals surface area contributed by atoms with Gasteiger partial charge in [0.2, 0.25) is 5.95 Å². The quantitative estimate of drug-likeness (QED) is 0.844. The molecule has 2 N–H and O–H groups in total. The minimum Gasteiger partial charge on any atom is -0.478 e. The molecule has 0 aliphatic rings. The Bertz CT molecular complexity index is 541. The molecule has 0 bridgehead atoms. The fourth-order valence-corrected chi connectivity index (χ4v) is 1.47. The topological polar surface area (TPSA) is 75.1 Å². The zero-order valence-corrected chi connectivity index (χ0v) is 9.21. The summed E-state index contributed by atoms with van der Waals surface area (Å²) < 4.78 is 0. The second kappa shape index (κ2) is 4.61. The van der Waals surface area contributed by atoms with E-state index < -0.39 is 5.97 Å². The lowest BCUT2D eigenvalue weighted by Crippen LogP contribution is -2.01. The molecule has 0 spiro atoms. The van der Waals surface area contributed by atoms with Crippen molar-refractivity contribution in [3.8, 4) is 0 Å². The van der Waals surface area contributed by atoms with Crippen LogP contribution in [0.1, 0.15) is 15.9 Å². The number of aromatic carboxylic acids is 1. The summed E-state index contributed by atoms with van der Waals surface area (Å²) in [6.07, 6.45) is 3.27. The summed E-state index contributed by atoms with van der Waals surface area (Å²) in [4.78, 5) is 18.9. The van der Waals surface area contributed by atoms with E-state index in [1.54, 1.807) is 43.6 Å². The molecular formula is C12H11N3O2. The van der Waals surface area contributed by atoms with Crippen LogP contribution in [0.15, 0.2) is 36.7 Å². The number of nitrogens with one attached hydrogen (secondary N) is 1. The average Bonchev–Trinajstić information content (AvgIpc) is 2.30. The number of aromatic nitrogens is 2. The van der Waals surface area contributed by atoms with Gasteiger partial charge in [0.05, 0.1) is 5.56 Å². The Morgan fingerprint density at radius 3 is 2.59 bits per heavy atom. The van der Waals surface area contributed by atoms with Crippen LogP contribution < -0.4 is 5.32 Å². The summed E-state index contributed by atoms with van der Waals surface area (Å²) in [5, 5.41) is 11.9. The second-order valence-corrected chi connectivity index (χ2v) is 3.53. The van der Waals surface area contributed by atoms with Crippen molar-refractivity contribution >= 4 is 17.6 Å². The van der Waals surface area contributed by atoms with Gasteiger partial charge in [-0.05, 0) is 36.8 Å². The first-order chi connectivity index (χ1) is 8.16. The number of anilines is 2. The Morgan fingerprint density at radius 1 is 1.29 bits per heavy atom. The summed E-state index contributed by atoms with van der Waals surface area (Å²) in [6.45, 7) is 1.75. The van der Waals surface area contributed by atoms with Gasteiger partial charge in [-0.3, -0.25) is 0 Å². The van der Waals surface area contributed by atoms with E-state index in [9.17, 15) is 4.79 Å². The normalized spacial score (nSPS) is 9.94. The minimum atomic E-state index is -0.926. The number of hydrogen-bond acceptors (Lipinski definition) is 4. The highest BCUT2D eigenvalue weighted by Crippen LogP contribution is 2.17. The lowest BCUT2D eigenvalue weighted by Gasteiger charge is -2.06. The van der Waals surface area contributed by atoms with Crippen LogP contribution in [-0.2, 0) is 0 Å². The minimum absolute atomic E-state index is 0.296. The molecule has 0 unspecified atom stereocenters. The number of nitrogens with zero attached hydrogens (tertiary/aromatic N) is 2. The van der Waals surface area contributed by atoms with Crippen molar-refractivity contribution in [2.45, 2.75) is 6.92 Å². The Balaban J connectivity index is 2.24. The van der Waals surface area contributed by atoms with Crippen LogP contribution in [0.4, 0.5) is 11.6 Å². The first kappa shape index (κ1) is 11.1. The van der Waals surface area contributed by atoms with E-state index in [4.69, 9.17) is 5.11 Å². The molecule has 0 fully saturated rings. The van der Waals surface area contributed by atoms with Gasteiger partial charge in [0.25, 0.3) is 0 Å². The highest BCUT2D eigenvalue weighted by atomic mass is 16.4. The van der Waals surface area contributed by atoms with Crippen LogP contribution in [0.25, 0.3) is 0 Å². The molecule has 1 heterocycles. The van der Waals surface area contributed by atoms with Gasteiger partial charge in [-0.2, -0.15) is 0 Å². The van der Waals surface area contributed by atoms with Gasteiger partial charge in [-0.25, -0.2) is 14.8 Å². The fraction of sp³-hybridized carbons (Fsp3) is 0.0833. The first-order valence-electron chi connectivity index (χ1n) is 5.05. The first-order valence-corrected chi connectivity index (χ1v) is 5.05. The fourth-order valence-electron chi connectivity index (χ4n) is 1.47. The molecule has 0 saturated heterocycles. The van der Waals surface area contributed by atoms with Gasteiger partial charge in [0.1, 0.15) is 0 Å². The van der Waals surface area contributed by atoms with Crippen LogP contribution in [0.3, 0.4) is 0 Å². The molecule has 5 heteroatoms. The van der Waals surface area contributed by atoms with Crippen molar-refractivity contribution in [1.29, 1.82) is 0 Å². The smallest absolute Gasteiger partial charge is 0.335 e. The van der Waals surface area contributed by atoms with E-state index in [1.165, 1.54) is 0 Å². The predicted molar refractivity (Wildman–Crippen MR) is 63.5 cm³/mol. The lowest BCUT2D eigenvalue weighted by atomic mass is 10.1. The van der Waals surface area contributed by atoms with Crippen LogP contribution in [0, 0.1) is 6.92 Å².